The first-order valence-corrected chi connectivity index (χ1v) is 9.87. The molecule has 5 nitrogen and oxygen atoms in total. The Morgan fingerprint density at radius 1 is 1.16 bits per heavy atom. The standard InChI is InChI=1S/C19H23NO4S/c1-14(21)15-9-10-18(25(3,23)24)17(13-15)20-12-11-19(2,22)16-7-5-4-6-8-16/h4-10,13,20,22H,11-12H2,1-3H3. The molecule has 1 unspecified atom stereocenters. The summed E-state index contributed by atoms with van der Waals surface area (Å²) in [5.41, 5.74) is 0.555. The van der Waals surface area contributed by atoms with E-state index in [1.165, 1.54) is 25.1 Å². The van der Waals surface area contributed by atoms with Crippen LogP contribution >= 0.6 is 0 Å². The number of ketones is 1. The van der Waals surface area contributed by atoms with Gasteiger partial charge in [-0.15, -0.1) is 0 Å². The summed E-state index contributed by atoms with van der Waals surface area (Å²) >= 11 is 0. The van der Waals surface area contributed by atoms with Gasteiger partial charge in [-0.25, -0.2) is 8.42 Å². The van der Waals surface area contributed by atoms with E-state index in [1.54, 1.807) is 6.92 Å². The van der Waals surface area contributed by atoms with Crippen molar-refractivity contribution in [2.75, 3.05) is 18.1 Å². The number of carbonyl (C=O) groups is 1. The lowest BCUT2D eigenvalue weighted by molar-refractivity contribution is 0.0515. The fourth-order valence-electron chi connectivity index (χ4n) is 2.59. The summed E-state index contributed by atoms with van der Waals surface area (Å²) in [6.07, 6.45) is 1.51. The average molecular weight is 361 g/mol. The molecule has 0 aliphatic heterocycles. The molecule has 2 aromatic rings. The van der Waals surface area contributed by atoms with Gasteiger partial charge in [0.1, 0.15) is 0 Å². The van der Waals surface area contributed by atoms with Crippen LogP contribution in [0.15, 0.2) is 53.4 Å². The summed E-state index contributed by atoms with van der Waals surface area (Å²) in [6.45, 7) is 3.50. The summed E-state index contributed by atoms with van der Waals surface area (Å²) in [5, 5.41) is 13.7. The Bertz CT molecular complexity index is 858. The van der Waals surface area contributed by atoms with Crippen LogP contribution in [0.1, 0.15) is 36.2 Å². The van der Waals surface area contributed by atoms with Crippen LogP contribution in [-0.2, 0) is 15.4 Å². The number of sulfone groups is 1. The maximum absolute atomic E-state index is 11.9. The van der Waals surface area contributed by atoms with Gasteiger partial charge in [0.25, 0.3) is 0 Å². The molecule has 1 atom stereocenters. The number of aliphatic hydroxyl groups is 1. The summed E-state index contributed by atoms with van der Waals surface area (Å²) in [4.78, 5) is 11.7. The average Bonchev–Trinajstić information content (AvgIpc) is 2.54. The molecule has 0 aromatic heterocycles. The van der Waals surface area contributed by atoms with E-state index in [9.17, 15) is 18.3 Å². The normalized spacial score (nSPS) is 13.9. The molecule has 0 saturated carbocycles. The highest BCUT2D eigenvalue weighted by Crippen LogP contribution is 2.26. The van der Waals surface area contributed by atoms with Gasteiger partial charge in [-0.1, -0.05) is 30.3 Å². The van der Waals surface area contributed by atoms with E-state index in [2.05, 4.69) is 5.32 Å². The minimum absolute atomic E-state index is 0.136. The van der Waals surface area contributed by atoms with Gasteiger partial charge >= 0.3 is 0 Å². The summed E-state index contributed by atoms with van der Waals surface area (Å²) < 4.78 is 23.9. The van der Waals surface area contributed by atoms with Crippen LogP contribution in [0.2, 0.25) is 0 Å². The molecule has 0 bridgehead atoms. The van der Waals surface area contributed by atoms with Crippen molar-refractivity contribution in [3.63, 3.8) is 0 Å². The number of benzene rings is 2. The van der Waals surface area contributed by atoms with E-state index in [0.717, 1.165) is 11.8 Å². The predicted molar refractivity (Wildman–Crippen MR) is 98.7 cm³/mol. The number of nitrogens with one attached hydrogen (secondary N) is 1. The Morgan fingerprint density at radius 2 is 1.80 bits per heavy atom. The highest BCUT2D eigenvalue weighted by molar-refractivity contribution is 7.90. The second-order valence-electron chi connectivity index (χ2n) is 6.36. The first-order valence-electron chi connectivity index (χ1n) is 7.98. The number of carbonyl (C=O) groups excluding carboxylic acids is 1. The molecule has 0 heterocycles. The lowest BCUT2D eigenvalue weighted by Gasteiger charge is -2.24. The second kappa shape index (κ2) is 7.37. The summed E-state index contributed by atoms with van der Waals surface area (Å²) in [5.74, 6) is -0.139. The molecular formula is C19H23NO4S. The van der Waals surface area contributed by atoms with Crippen molar-refractivity contribution >= 4 is 21.3 Å². The van der Waals surface area contributed by atoms with Crippen molar-refractivity contribution < 1.29 is 18.3 Å². The van der Waals surface area contributed by atoms with Gasteiger partial charge in [-0.05, 0) is 44.0 Å². The molecule has 2 rings (SSSR count). The largest absolute Gasteiger partial charge is 0.385 e. The molecule has 0 radical (unpaired) electrons. The van der Waals surface area contributed by atoms with Gasteiger partial charge in [0.05, 0.1) is 16.2 Å². The molecule has 0 aliphatic carbocycles. The van der Waals surface area contributed by atoms with E-state index in [0.29, 0.717) is 24.2 Å². The monoisotopic (exact) mass is 361 g/mol. The zero-order valence-corrected chi connectivity index (χ0v) is 15.4. The van der Waals surface area contributed by atoms with Crippen LogP contribution in [0.3, 0.4) is 0 Å². The van der Waals surface area contributed by atoms with E-state index in [4.69, 9.17) is 0 Å². The zero-order chi connectivity index (χ0) is 18.7. The van der Waals surface area contributed by atoms with Crippen molar-refractivity contribution in [3.8, 4) is 0 Å². The number of anilines is 1. The number of hydrogen-bond acceptors (Lipinski definition) is 5. The molecule has 0 aliphatic rings. The SMILES string of the molecule is CC(=O)c1ccc(S(C)(=O)=O)c(NCCC(C)(O)c2ccccc2)c1. The zero-order valence-electron chi connectivity index (χ0n) is 14.6. The molecule has 0 spiro atoms. The third kappa shape index (κ3) is 4.90. The van der Waals surface area contributed by atoms with Crippen LogP contribution in [0, 0.1) is 0 Å². The molecule has 0 amide bonds. The minimum Gasteiger partial charge on any atom is -0.385 e. The summed E-state index contributed by atoms with van der Waals surface area (Å²) in [6, 6.07) is 13.8. The molecule has 2 N–H and O–H groups in total. The number of rotatable bonds is 7. The third-order valence-corrected chi connectivity index (χ3v) is 5.26. The van der Waals surface area contributed by atoms with Gasteiger partial charge in [0.2, 0.25) is 0 Å². The Morgan fingerprint density at radius 3 is 2.36 bits per heavy atom. The Kier molecular flexibility index (Phi) is 5.65. The molecule has 2 aromatic carbocycles. The fraction of sp³-hybridized carbons (Fsp3) is 0.316. The second-order valence-corrected chi connectivity index (χ2v) is 8.34. The van der Waals surface area contributed by atoms with Crippen LogP contribution in [0.5, 0.6) is 0 Å². The van der Waals surface area contributed by atoms with Crippen molar-refractivity contribution in [3.05, 3.63) is 59.7 Å². The topological polar surface area (TPSA) is 83.5 Å². The van der Waals surface area contributed by atoms with Crippen molar-refractivity contribution in [1.29, 1.82) is 0 Å². The number of hydrogen-bond donors (Lipinski definition) is 2. The molecule has 25 heavy (non-hydrogen) atoms. The smallest absolute Gasteiger partial charge is 0.177 e. The van der Waals surface area contributed by atoms with Gasteiger partial charge in [-0.3, -0.25) is 4.79 Å². The van der Waals surface area contributed by atoms with Gasteiger partial charge < -0.3 is 10.4 Å². The predicted octanol–water partition coefficient (Wildman–Crippen LogP) is 3.00. The highest BCUT2D eigenvalue weighted by Gasteiger charge is 2.23. The van der Waals surface area contributed by atoms with Crippen LogP contribution in [0.25, 0.3) is 0 Å². The molecular weight excluding hydrogens is 338 g/mol. The lowest BCUT2D eigenvalue weighted by Crippen LogP contribution is -2.25. The van der Waals surface area contributed by atoms with Crippen LogP contribution < -0.4 is 5.32 Å². The van der Waals surface area contributed by atoms with Gasteiger partial charge in [-0.2, -0.15) is 0 Å². The van der Waals surface area contributed by atoms with E-state index >= 15 is 0 Å². The molecule has 0 saturated heterocycles. The van der Waals surface area contributed by atoms with Crippen molar-refractivity contribution in [1.82, 2.24) is 0 Å². The third-order valence-electron chi connectivity index (χ3n) is 4.11. The van der Waals surface area contributed by atoms with E-state index < -0.39 is 15.4 Å². The fourth-order valence-corrected chi connectivity index (χ4v) is 3.44. The van der Waals surface area contributed by atoms with Gasteiger partial charge in [0, 0.05) is 18.4 Å². The van der Waals surface area contributed by atoms with Crippen LogP contribution in [0.4, 0.5) is 5.69 Å². The Hall–Kier alpha value is -2.18. The van der Waals surface area contributed by atoms with E-state index in [1.807, 2.05) is 30.3 Å². The molecule has 134 valence electrons. The molecule has 6 heteroatoms. The maximum atomic E-state index is 11.9. The first-order chi connectivity index (χ1) is 11.6. The van der Waals surface area contributed by atoms with Crippen molar-refractivity contribution in [2.24, 2.45) is 0 Å². The quantitative estimate of drug-likeness (QED) is 0.741. The number of Topliss-reactive ketones (excluding diaryl/α,β-unsaturated/α-hetero) is 1. The van der Waals surface area contributed by atoms with Gasteiger partial charge in [0.15, 0.2) is 15.6 Å². The summed E-state index contributed by atoms with van der Waals surface area (Å²) in [7, 11) is -3.43. The Labute approximate surface area is 148 Å². The first kappa shape index (κ1) is 19.1. The maximum Gasteiger partial charge on any atom is 0.177 e. The minimum atomic E-state index is -3.43. The van der Waals surface area contributed by atoms with E-state index in [-0.39, 0.29) is 10.7 Å². The molecule has 0 fully saturated rings. The Balaban J connectivity index is 2.19. The van der Waals surface area contributed by atoms with Crippen molar-refractivity contribution in [2.45, 2.75) is 30.8 Å². The lowest BCUT2D eigenvalue weighted by atomic mass is 9.92. The van der Waals surface area contributed by atoms with Crippen LogP contribution in [-0.4, -0.2) is 32.1 Å². The highest BCUT2D eigenvalue weighted by atomic mass is 32.2.